The van der Waals surface area contributed by atoms with Crippen molar-refractivity contribution in [3.63, 3.8) is 0 Å². The van der Waals surface area contributed by atoms with Gasteiger partial charge in [-0.05, 0) is 27.7 Å². The van der Waals surface area contributed by atoms with E-state index in [-0.39, 0.29) is 0 Å². The molecule has 0 bridgehead atoms. The SMILES string of the molecule is CC(C)(NS(=O)(=O)C(F)F)C(C)(C)C(=O)O. The summed E-state index contributed by atoms with van der Waals surface area (Å²) in [5.41, 5.74) is -3.05. The maximum Gasteiger partial charge on any atom is 0.350 e. The van der Waals surface area contributed by atoms with Crippen LogP contribution in [0.2, 0.25) is 0 Å². The standard InChI is InChI=1S/C8H15F2NO4S/c1-7(2,5(12)13)8(3,4)11-16(14,15)6(9)10/h6,11H,1-4H3,(H,12,13). The second-order valence-corrected chi connectivity index (χ2v) is 6.11. The molecule has 0 amide bonds. The Labute approximate surface area is 92.9 Å². The molecule has 0 aliphatic rings. The second kappa shape index (κ2) is 4.25. The van der Waals surface area contributed by atoms with Gasteiger partial charge in [0.05, 0.1) is 5.41 Å². The first-order chi connectivity index (χ1) is 6.84. The lowest BCUT2D eigenvalue weighted by atomic mass is 9.75. The summed E-state index contributed by atoms with van der Waals surface area (Å²) in [7, 11) is -4.82. The van der Waals surface area contributed by atoms with Crippen LogP contribution in [0.25, 0.3) is 0 Å². The predicted molar refractivity (Wildman–Crippen MR) is 53.6 cm³/mol. The molecule has 0 radical (unpaired) electrons. The molecule has 0 atom stereocenters. The van der Waals surface area contributed by atoms with Crippen LogP contribution in [-0.4, -0.2) is 30.8 Å². The molecule has 0 rings (SSSR count). The van der Waals surface area contributed by atoms with Gasteiger partial charge < -0.3 is 5.11 Å². The first-order valence-corrected chi connectivity index (χ1v) is 5.93. The van der Waals surface area contributed by atoms with Crippen molar-refractivity contribution < 1.29 is 27.1 Å². The summed E-state index contributed by atoms with van der Waals surface area (Å²) in [4.78, 5) is 10.9. The Morgan fingerprint density at radius 2 is 1.62 bits per heavy atom. The van der Waals surface area contributed by atoms with Crippen molar-refractivity contribution in [1.29, 1.82) is 0 Å². The number of carboxylic acid groups (broad SMARTS) is 1. The molecule has 2 N–H and O–H groups in total. The predicted octanol–water partition coefficient (Wildman–Crippen LogP) is 1.02. The van der Waals surface area contributed by atoms with Crippen molar-refractivity contribution >= 4 is 16.0 Å². The smallest absolute Gasteiger partial charge is 0.350 e. The number of carboxylic acids is 1. The monoisotopic (exact) mass is 259 g/mol. The lowest BCUT2D eigenvalue weighted by Crippen LogP contribution is -2.57. The van der Waals surface area contributed by atoms with E-state index in [0.29, 0.717) is 0 Å². The topological polar surface area (TPSA) is 83.5 Å². The Kier molecular flexibility index (Phi) is 4.05. The van der Waals surface area contributed by atoms with Gasteiger partial charge in [-0.25, -0.2) is 13.1 Å². The number of nitrogens with one attached hydrogen (secondary N) is 1. The molecule has 96 valence electrons. The average Bonchev–Trinajstić information content (AvgIpc) is 2.00. The fourth-order valence-corrected chi connectivity index (χ4v) is 1.85. The Morgan fingerprint density at radius 1 is 1.25 bits per heavy atom. The normalized spacial score (nSPS) is 14.2. The summed E-state index contributed by atoms with van der Waals surface area (Å²) in [6.07, 6.45) is 0. The third kappa shape index (κ3) is 2.88. The number of rotatable bonds is 5. The zero-order valence-electron chi connectivity index (χ0n) is 9.41. The van der Waals surface area contributed by atoms with Crippen LogP contribution in [0.1, 0.15) is 27.7 Å². The molecule has 0 saturated carbocycles. The van der Waals surface area contributed by atoms with Gasteiger partial charge in [-0.3, -0.25) is 4.79 Å². The van der Waals surface area contributed by atoms with E-state index in [0.717, 1.165) is 0 Å². The van der Waals surface area contributed by atoms with E-state index in [1.807, 2.05) is 0 Å². The Morgan fingerprint density at radius 3 is 1.88 bits per heavy atom. The number of hydrogen-bond acceptors (Lipinski definition) is 3. The number of hydrogen-bond donors (Lipinski definition) is 2. The minimum atomic E-state index is -4.82. The Balaban J connectivity index is 5.20. The van der Waals surface area contributed by atoms with Crippen LogP contribution in [-0.2, 0) is 14.8 Å². The molecule has 0 unspecified atom stereocenters. The number of alkyl halides is 2. The summed E-state index contributed by atoms with van der Waals surface area (Å²) in [5.74, 6) is -4.87. The van der Waals surface area contributed by atoms with E-state index < -0.39 is 32.7 Å². The molecule has 16 heavy (non-hydrogen) atoms. The molecular weight excluding hydrogens is 244 g/mol. The summed E-state index contributed by atoms with van der Waals surface area (Å²) in [6.45, 7) is 4.98. The van der Waals surface area contributed by atoms with Crippen LogP contribution in [0.15, 0.2) is 0 Å². The summed E-state index contributed by atoms with van der Waals surface area (Å²) >= 11 is 0. The van der Waals surface area contributed by atoms with Gasteiger partial charge in [-0.1, -0.05) is 0 Å². The molecule has 0 heterocycles. The van der Waals surface area contributed by atoms with Crippen molar-refractivity contribution in [2.75, 3.05) is 0 Å². The average molecular weight is 259 g/mol. The van der Waals surface area contributed by atoms with E-state index in [1.54, 1.807) is 4.72 Å². The van der Waals surface area contributed by atoms with Gasteiger partial charge in [-0.15, -0.1) is 0 Å². The number of halogens is 2. The van der Waals surface area contributed by atoms with Crippen LogP contribution in [0.4, 0.5) is 8.78 Å². The molecule has 0 aromatic rings. The lowest BCUT2D eigenvalue weighted by Gasteiger charge is -2.38. The number of carbonyl (C=O) groups is 1. The van der Waals surface area contributed by atoms with Gasteiger partial charge in [-0.2, -0.15) is 8.78 Å². The van der Waals surface area contributed by atoms with Gasteiger partial charge in [0.1, 0.15) is 0 Å². The zero-order chi connectivity index (χ0) is 13.4. The first-order valence-electron chi connectivity index (χ1n) is 4.39. The van der Waals surface area contributed by atoms with Gasteiger partial charge in [0, 0.05) is 5.54 Å². The van der Waals surface area contributed by atoms with E-state index in [2.05, 4.69) is 0 Å². The van der Waals surface area contributed by atoms with E-state index in [1.165, 1.54) is 27.7 Å². The molecular formula is C8H15F2NO4S. The Hall–Kier alpha value is -0.760. The fraction of sp³-hybridized carbons (Fsp3) is 0.875. The second-order valence-electron chi connectivity index (χ2n) is 4.46. The first kappa shape index (κ1) is 15.2. The summed E-state index contributed by atoms with van der Waals surface area (Å²) in [5, 5.41) is 8.89. The molecule has 0 aromatic carbocycles. The molecule has 0 fully saturated rings. The molecule has 0 aliphatic heterocycles. The molecule has 0 saturated heterocycles. The van der Waals surface area contributed by atoms with Gasteiger partial charge in [0.2, 0.25) is 0 Å². The maximum absolute atomic E-state index is 12.1. The highest BCUT2D eigenvalue weighted by Crippen LogP contribution is 2.31. The van der Waals surface area contributed by atoms with Crippen molar-refractivity contribution in [1.82, 2.24) is 4.72 Å². The van der Waals surface area contributed by atoms with Crippen LogP contribution in [0.5, 0.6) is 0 Å². The van der Waals surface area contributed by atoms with E-state index >= 15 is 0 Å². The third-order valence-electron chi connectivity index (χ3n) is 2.73. The largest absolute Gasteiger partial charge is 0.481 e. The van der Waals surface area contributed by atoms with Crippen LogP contribution >= 0.6 is 0 Å². The van der Waals surface area contributed by atoms with Gasteiger partial charge in [0.25, 0.3) is 10.0 Å². The van der Waals surface area contributed by atoms with Crippen molar-refractivity contribution in [2.45, 2.75) is 39.0 Å². The summed E-state index contributed by atoms with van der Waals surface area (Å²) in [6, 6.07) is 0. The van der Waals surface area contributed by atoms with Gasteiger partial charge in [0.15, 0.2) is 0 Å². The molecule has 0 aliphatic carbocycles. The van der Waals surface area contributed by atoms with E-state index in [4.69, 9.17) is 5.11 Å². The number of aliphatic carboxylic acids is 1. The highest BCUT2D eigenvalue weighted by molar-refractivity contribution is 7.89. The quantitative estimate of drug-likeness (QED) is 0.772. The van der Waals surface area contributed by atoms with Crippen LogP contribution < -0.4 is 4.72 Å². The van der Waals surface area contributed by atoms with Crippen molar-refractivity contribution in [2.24, 2.45) is 5.41 Å². The fourth-order valence-electron chi connectivity index (χ4n) is 0.795. The van der Waals surface area contributed by atoms with Crippen LogP contribution in [0, 0.1) is 5.41 Å². The zero-order valence-corrected chi connectivity index (χ0v) is 10.2. The van der Waals surface area contributed by atoms with E-state index in [9.17, 15) is 22.0 Å². The highest BCUT2D eigenvalue weighted by atomic mass is 32.2. The Bertz CT molecular complexity index is 375. The highest BCUT2D eigenvalue weighted by Gasteiger charge is 2.47. The lowest BCUT2D eigenvalue weighted by molar-refractivity contribution is -0.150. The number of sulfonamides is 1. The van der Waals surface area contributed by atoms with Gasteiger partial charge >= 0.3 is 11.7 Å². The van der Waals surface area contributed by atoms with Crippen molar-refractivity contribution in [3.05, 3.63) is 0 Å². The maximum atomic E-state index is 12.1. The summed E-state index contributed by atoms with van der Waals surface area (Å²) < 4.78 is 47.9. The minimum absolute atomic E-state index is 1.24. The van der Waals surface area contributed by atoms with Crippen molar-refractivity contribution in [3.8, 4) is 0 Å². The van der Waals surface area contributed by atoms with Crippen LogP contribution in [0.3, 0.4) is 0 Å². The molecule has 5 nitrogen and oxygen atoms in total. The minimum Gasteiger partial charge on any atom is -0.481 e. The molecule has 0 aromatic heterocycles. The molecule has 8 heteroatoms. The third-order valence-corrected chi connectivity index (χ3v) is 3.99. The molecule has 0 spiro atoms.